The molecule has 49 heavy (non-hydrogen) atoms. The lowest BCUT2D eigenvalue weighted by Crippen LogP contribution is -2.10. The van der Waals surface area contributed by atoms with Crippen molar-refractivity contribution >= 4 is 74.1 Å². The SMILES string of the molecule is N#CCc1nc2ccccc2[nH]1.N#Cc1cc2ccc(NCCn3ccnc3)nc2n2c1nc1ccccc12.O=Cc1ccc(Cl)nc1Cl. The first kappa shape index (κ1) is 32.6. The number of H-pyrrole nitrogens is 1. The molecule has 0 saturated heterocycles. The summed E-state index contributed by atoms with van der Waals surface area (Å²) in [5.41, 5.74) is 6.01. The fourth-order valence-electron chi connectivity index (χ4n) is 4.98. The lowest BCUT2D eigenvalue weighted by Gasteiger charge is -2.09. The quantitative estimate of drug-likeness (QED) is 0.138. The van der Waals surface area contributed by atoms with Crippen molar-refractivity contribution in [1.29, 1.82) is 10.5 Å². The summed E-state index contributed by atoms with van der Waals surface area (Å²) in [5, 5.41) is 22.7. The van der Waals surface area contributed by atoms with Crippen LogP contribution in [0.2, 0.25) is 10.3 Å². The van der Waals surface area contributed by atoms with Crippen molar-refractivity contribution in [3.8, 4) is 12.1 Å². The number of fused-ring (bicyclic) bond motifs is 6. The second-order valence-electron chi connectivity index (χ2n) is 10.4. The molecule has 2 N–H and O–H groups in total. The number of carbonyl (C=O) groups excluding carboxylic acids is 1. The van der Waals surface area contributed by atoms with Crippen LogP contribution < -0.4 is 5.32 Å². The maximum atomic E-state index is 10.2. The van der Waals surface area contributed by atoms with Crippen LogP contribution in [0.1, 0.15) is 21.7 Å². The fraction of sp³-hybridized carbons (Fsp3) is 0.0857. The van der Waals surface area contributed by atoms with Gasteiger partial charge in [-0.25, -0.2) is 24.9 Å². The van der Waals surface area contributed by atoms with E-state index in [9.17, 15) is 10.1 Å². The number of nitrogens with one attached hydrogen (secondary N) is 2. The Morgan fingerprint density at radius 2 is 1.71 bits per heavy atom. The Balaban J connectivity index is 0.000000156. The second-order valence-corrected chi connectivity index (χ2v) is 11.2. The first-order valence-corrected chi connectivity index (χ1v) is 15.6. The van der Waals surface area contributed by atoms with Crippen LogP contribution in [0.3, 0.4) is 0 Å². The molecule has 12 nitrogen and oxygen atoms in total. The number of hydrogen-bond donors (Lipinski definition) is 2. The van der Waals surface area contributed by atoms with Crippen molar-refractivity contribution in [2.45, 2.75) is 13.0 Å². The smallest absolute Gasteiger partial charge is 0.157 e. The molecule has 0 atom stereocenters. The number of carbonyl (C=O) groups is 1. The molecule has 0 saturated carbocycles. The highest BCUT2D eigenvalue weighted by atomic mass is 35.5. The number of imidazole rings is 3. The van der Waals surface area contributed by atoms with Gasteiger partial charge in [0.25, 0.3) is 0 Å². The zero-order chi connectivity index (χ0) is 34.2. The predicted octanol–water partition coefficient (Wildman–Crippen LogP) is 7.05. The van der Waals surface area contributed by atoms with Gasteiger partial charge in [-0.2, -0.15) is 10.5 Å². The van der Waals surface area contributed by atoms with Gasteiger partial charge in [-0.3, -0.25) is 9.20 Å². The molecule has 6 aromatic heterocycles. The molecule has 14 heteroatoms. The Morgan fingerprint density at radius 1 is 0.898 bits per heavy atom. The molecule has 0 radical (unpaired) electrons. The van der Waals surface area contributed by atoms with Gasteiger partial charge in [0, 0.05) is 30.9 Å². The van der Waals surface area contributed by atoms with Crippen LogP contribution >= 0.6 is 23.2 Å². The molecule has 0 aliphatic carbocycles. The number of nitrogens with zero attached hydrogens (tertiary/aromatic N) is 9. The largest absolute Gasteiger partial charge is 0.368 e. The summed E-state index contributed by atoms with van der Waals surface area (Å²) in [6.07, 6.45) is 6.46. The van der Waals surface area contributed by atoms with Gasteiger partial charge < -0.3 is 14.9 Å². The van der Waals surface area contributed by atoms with E-state index < -0.39 is 0 Å². The molecule has 0 bridgehead atoms. The number of para-hydroxylation sites is 4. The third kappa shape index (κ3) is 7.47. The molecule has 2 aromatic carbocycles. The van der Waals surface area contributed by atoms with Gasteiger partial charge in [-0.15, -0.1) is 0 Å². The fourth-order valence-corrected chi connectivity index (χ4v) is 5.37. The zero-order valence-electron chi connectivity index (χ0n) is 25.6. The van der Waals surface area contributed by atoms with E-state index >= 15 is 0 Å². The van der Waals surface area contributed by atoms with E-state index in [2.05, 4.69) is 42.4 Å². The van der Waals surface area contributed by atoms with E-state index in [0.29, 0.717) is 29.5 Å². The number of aromatic amines is 1. The van der Waals surface area contributed by atoms with Gasteiger partial charge in [0.2, 0.25) is 0 Å². The van der Waals surface area contributed by atoms with Crippen LogP contribution in [0.15, 0.2) is 97.6 Å². The number of aldehydes is 1. The lowest BCUT2D eigenvalue weighted by molar-refractivity contribution is 0.112. The number of nitriles is 2. The molecule has 8 aromatic rings. The zero-order valence-corrected chi connectivity index (χ0v) is 27.1. The number of pyridine rings is 3. The molecule has 8 rings (SSSR count). The summed E-state index contributed by atoms with van der Waals surface area (Å²) in [4.78, 5) is 34.6. The Hall–Kier alpha value is -6.34. The Morgan fingerprint density at radius 3 is 2.45 bits per heavy atom. The monoisotopic (exact) mass is 685 g/mol. The third-order valence-corrected chi connectivity index (χ3v) is 7.74. The molecule has 0 unspecified atom stereocenters. The first-order valence-electron chi connectivity index (χ1n) is 14.9. The van der Waals surface area contributed by atoms with E-state index in [4.69, 9.17) is 33.4 Å². The molecular weight excluding hydrogens is 661 g/mol. The summed E-state index contributed by atoms with van der Waals surface area (Å²) >= 11 is 11.0. The van der Waals surface area contributed by atoms with Gasteiger partial charge in [-0.1, -0.05) is 47.5 Å². The maximum absolute atomic E-state index is 10.2. The summed E-state index contributed by atoms with van der Waals surface area (Å²) in [7, 11) is 0. The summed E-state index contributed by atoms with van der Waals surface area (Å²) in [5.74, 6) is 1.52. The second kappa shape index (κ2) is 15.0. The van der Waals surface area contributed by atoms with E-state index in [0.717, 1.165) is 57.8 Å². The van der Waals surface area contributed by atoms with Crippen molar-refractivity contribution in [2.75, 3.05) is 11.9 Å². The number of halogens is 2. The lowest BCUT2D eigenvalue weighted by atomic mass is 10.2. The highest BCUT2D eigenvalue weighted by molar-refractivity contribution is 6.33. The van der Waals surface area contributed by atoms with Gasteiger partial charge in [0.15, 0.2) is 11.9 Å². The number of rotatable bonds is 6. The third-order valence-electron chi connectivity index (χ3n) is 7.23. The first-order chi connectivity index (χ1) is 24.0. The van der Waals surface area contributed by atoms with E-state index in [1.807, 2.05) is 81.9 Å². The predicted molar refractivity (Wildman–Crippen MR) is 188 cm³/mol. The molecule has 6 heterocycles. The Kier molecular flexibility index (Phi) is 10.0. The topological polar surface area (TPSA) is 166 Å². The molecule has 0 amide bonds. The van der Waals surface area contributed by atoms with Gasteiger partial charge in [-0.05, 0) is 54.6 Å². The minimum Gasteiger partial charge on any atom is -0.368 e. The van der Waals surface area contributed by atoms with Crippen LogP contribution in [0.4, 0.5) is 5.82 Å². The van der Waals surface area contributed by atoms with Crippen molar-refractivity contribution < 1.29 is 4.79 Å². The summed E-state index contributed by atoms with van der Waals surface area (Å²) in [6, 6.07) is 28.7. The summed E-state index contributed by atoms with van der Waals surface area (Å²) < 4.78 is 3.97. The average molecular weight is 687 g/mol. The molecule has 0 aliphatic heterocycles. The van der Waals surface area contributed by atoms with E-state index in [1.54, 1.807) is 12.5 Å². The van der Waals surface area contributed by atoms with Crippen LogP contribution in [-0.4, -0.2) is 51.7 Å². The van der Waals surface area contributed by atoms with Crippen LogP contribution in [-0.2, 0) is 13.0 Å². The van der Waals surface area contributed by atoms with Crippen molar-refractivity contribution in [3.63, 3.8) is 0 Å². The number of anilines is 1. The Labute approximate surface area is 289 Å². The molecule has 0 aliphatic rings. The van der Waals surface area contributed by atoms with Crippen LogP contribution in [0, 0.1) is 22.7 Å². The van der Waals surface area contributed by atoms with E-state index in [1.165, 1.54) is 12.1 Å². The standard InChI is InChI=1S/C20H15N7.C9H7N3.C6H3Cl2NO/c21-12-15-11-14-5-6-18(23-8-10-26-9-7-22-13-26)25-19(14)27-17-4-2-1-3-16(17)24-20(15)27;10-6-5-9-11-7-3-1-2-4-8(7)12-9;7-5-2-1-4(3-10)6(8)9-5/h1-7,9,11,13H,8,10H2,(H,23,25);1-4H,5H2,(H,11,12);1-3H. The average Bonchev–Trinajstić information content (AvgIpc) is 3.88. The minimum atomic E-state index is 0.141. The normalized spacial score (nSPS) is 10.5. The van der Waals surface area contributed by atoms with Gasteiger partial charge in [0.1, 0.15) is 33.7 Å². The number of hydrogen-bond acceptors (Lipinski definition) is 9. The number of benzene rings is 2. The van der Waals surface area contributed by atoms with Crippen LogP contribution in [0.25, 0.3) is 38.7 Å². The highest BCUT2D eigenvalue weighted by Crippen LogP contribution is 2.26. The number of aromatic nitrogens is 8. The van der Waals surface area contributed by atoms with Crippen molar-refractivity contribution in [1.82, 2.24) is 38.9 Å². The van der Waals surface area contributed by atoms with Gasteiger partial charge >= 0.3 is 0 Å². The molecule has 0 fully saturated rings. The van der Waals surface area contributed by atoms with Crippen molar-refractivity contribution in [2.24, 2.45) is 0 Å². The molecular formula is C35H25Cl2N11O. The van der Waals surface area contributed by atoms with E-state index in [-0.39, 0.29) is 10.3 Å². The van der Waals surface area contributed by atoms with Crippen molar-refractivity contribution in [3.05, 3.63) is 125 Å². The van der Waals surface area contributed by atoms with Crippen LogP contribution in [0.5, 0.6) is 0 Å². The summed E-state index contributed by atoms with van der Waals surface area (Å²) in [6.45, 7) is 1.54. The maximum Gasteiger partial charge on any atom is 0.157 e. The minimum absolute atomic E-state index is 0.141. The Bertz CT molecular complexity index is 2460. The van der Waals surface area contributed by atoms with Gasteiger partial charge in [0.05, 0.1) is 52.0 Å². The molecule has 240 valence electrons. The molecule has 0 spiro atoms. The highest BCUT2D eigenvalue weighted by Gasteiger charge is 2.13.